The standard InChI is InChI=1S/C34H43N3O5S/c1-4-30(34(39)35-28-18-8-6-9-19-28)36(24-27-17-13-12-16-26(27)3)33(38)25-37(31-22-14-15-23-32(31)42-5-2)43(40,41)29-20-10-7-11-21-29/h7,10-17,20-23,28,30H,4-6,8-9,18-19,24-25H2,1-3H3,(H,35,39)/t30-/m0/s1. The Hall–Kier alpha value is -3.85. The molecular weight excluding hydrogens is 562 g/mol. The number of carbonyl (C=O) groups excluding carboxylic acids is 2. The zero-order valence-electron chi connectivity index (χ0n) is 25.4. The molecule has 0 heterocycles. The van der Waals surface area contributed by atoms with Crippen LogP contribution in [0, 0.1) is 6.92 Å². The fourth-order valence-electron chi connectivity index (χ4n) is 5.61. The van der Waals surface area contributed by atoms with Crippen molar-refractivity contribution < 1.29 is 22.7 Å². The molecule has 0 aliphatic heterocycles. The number of anilines is 1. The average Bonchev–Trinajstić information content (AvgIpc) is 3.02. The van der Waals surface area contributed by atoms with Gasteiger partial charge in [0.2, 0.25) is 11.8 Å². The van der Waals surface area contributed by atoms with Gasteiger partial charge in [-0.25, -0.2) is 8.42 Å². The number of para-hydroxylation sites is 2. The number of nitrogens with zero attached hydrogens (tertiary/aromatic N) is 2. The van der Waals surface area contributed by atoms with Gasteiger partial charge < -0.3 is 15.0 Å². The smallest absolute Gasteiger partial charge is 0.264 e. The van der Waals surface area contributed by atoms with Crippen LogP contribution in [0.4, 0.5) is 5.69 Å². The summed E-state index contributed by atoms with van der Waals surface area (Å²) in [7, 11) is -4.17. The van der Waals surface area contributed by atoms with E-state index in [1.165, 1.54) is 17.0 Å². The predicted octanol–water partition coefficient (Wildman–Crippen LogP) is 5.85. The van der Waals surface area contributed by atoms with E-state index in [4.69, 9.17) is 4.74 Å². The topological polar surface area (TPSA) is 96.0 Å². The van der Waals surface area contributed by atoms with Crippen LogP contribution in [0.25, 0.3) is 0 Å². The van der Waals surface area contributed by atoms with Crippen LogP contribution in [0.15, 0.2) is 83.8 Å². The first-order chi connectivity index (χ1) is 20.8. The van der Waals surface area contributed by atoms with Gasteiger partial charge in [-0.15, -0.1) is 0 Å². The molecule has 0 spiro atoms. The van der Waals surface area contributed by atoms with Crippen molar-refractivity contribution in [3.05, 3.63) is 90.0 Å². The molecule has 3 aromatic carbocycles. The van der Waals surface area contributed by atoms with Crippen molar-refractivity contribution >= 4 is 27.5 Å². The monoisotopic (exact) mass is 605 g/mol. The zero-order valence-corrected chi connectivity index (χ0v) is 26.2. The van der Waals surface area contributed by atoms with Crippen LogP contribution in [0.3, 0.4) is 0 Å². The van der Waals surface area contributed by atoms with Gasteiger partial charge >= 0.3 is 0 Å². The molecule has 1 aliphatic carbocycles. The summed E-state index contributed by atoms with van der Waals surface area (Å²) in [6, 6.07) is 21.9. The fourth-order valence-corrected chi connectivity index (χ4v) is 7.05. The van der Waals surface area contributed by atoms with Crippen molar-refractivity contribution in [2.24, 2.45) is 0 Å². The predicted molar refractivity (Wildman–Crippen MR) is 169 cm³/mol. The highest BCUT2D eigenvalue weighted by Gasteiger charge is 2.35. The molecule has 9 heteroatoms. The van der Waals surface area contributed by atoms with Crippen LogP contribution in [0.2, 0.25) is 0 Å². The van der Waals surface area contributed by atoms with Crippen LogP contribution < -0.4 is 14.4 Å². The largest absolute Gasteiger partial charge is 0.492 e. The summed E-state index contributed by atoms with van der Waals surface area (Å²) in [6.45, 7) is 5.66. The Morgan fingerprint density at radius 2 is 1.56 bits per heavy atom. The fraction of sp³-hybridized carbons (Fsp3) is 0.412. The summed E-state index contributed by atoms with van der Waals surface area (Å²) in [5.74, 6) is -0.326. The van der Waals surface area contributed by atoms with E-state index in [1.54, 1.807) is 42.5 Å². The third-order valence-electron chi connectivity index (χ3n) is 7.98. The lowest BCUT2D eigenvalue weighted by Gasteiger charge is -2.35. The van der Waals surface area contributed by atoms with Crippen LogP contribution in [-0.2, 0) is 26.2 Å². The van der Waals surface area contributed by atoms with Crippen molar-refractivity contribution in [1.82, 2.24) is 10.2 Å². The van der Waals surface area contributed by atoms with Gasteiger partial charge in [-0.3, -0.25) is 13.9 Å². The minimum absolute atomic E-state index is 0.0571. The summed E-state index contributed by atoms with van der Waals surface area (Å²) in [6.07, 6.45) is 5.53. The van der Waals surface area contributed by atoms with Crippen LogP contribution in [0.5, 0.6) is 5.75 Å². The summed E-state index contributed by atoms with van der Waals surface area (Å²) in [4.78, 5) is 29.7. The van der Waals surface area contributed by atoms with Gasteiger partial charge in [0.05, 0.1) is 17.2 Å². The maximum Gasteiger partial charge on any atom is 0.264 e. The number of aryl methyl sites for hydroxylation is 1. The van der Waals surface area contributed by atoms with E-state index >= 15 is 0 Å². The summed E-state index contributed by atoms with van der Waals surface area (Å²) >= 11 is 0. The van der Waals surface area contributed by atoms with E-state index in [9.17, 15) is 18.0 Å². The molecule has 0 radical (unpaired) electrons. The van der Waals surface area contributed by atoms with Gasteiger partial charge in [-0.1, -0.05) is 80.8 Å². The Morgan fingerprint density at radius 1 is 0.907 bits per heavy atom. The molecule has 0 saturated heterocycles. The second kappa shape index (κ2) is 15.0. The van der Waals surface area contributed by atoms with Crippen LogP contribution in [0.1, 0.15) is 63.5 Å². The Kier molecular flexibility index (Phi) is 11.2. The molecule has 1 atom stereocenters. The van der Waals surface area contributed by atoms with Crippen molar-refractivity contribution in [2.45, 2.75) is 82.8 Å². The van der Waals surface area contributed by atoms with Gasteiger partial charge in [-0.05, 0) is 68.5 Å². The molecule has 1 saturated carbocycles. The van der Waals surface area contributed by atoms with E-state index in [0.29, 0.717) is 18.8 Å². The van der Waals surface area contributed by atoms with Crippen molar-refractivity contribution in [3.63, 3.8) is 0 Å². The van der Waals surface area contributed by atoms with E-state index in [0.717, 1.165) is 47.5 Å². The molecule has 2 amide bonds. The number of hydrogen-bond donors (Lipinski definition) is 1. The number of hydrogen-bond acceptors (Lipinski definition) is 5. The summed E-state index contributed by atoms with van der Waals surface area (Å²) < 4.78 is 35.1. The molecule has 1 N–H and O–H groups in total. The van der Waals surface area contributed by atoms with Gasteiger partial charge in [0, 0.05) is 12.6 Å². The third-order valence-corrected chi connectivity index (χ3v) is 9.76. The van der Waals surface area contributed by atoms with E-state index in [1.807, 2.05) is 45.0 Å². The lowest BCUT2D eigenvalue weighted by molar-refractivity contribution is -0.140. The Balaban J connectivity index is 1.74. The Labute approximate surface area is 256 Å². The molecule has 0 bridgehead atoms. The van der Waals surface area contributed by atoms with Crippen molar-refractivity contribution in [3.8, 4) is 5.75 Å². The van der Waals surface area contributed by atoms with E-state index in [2.05, 4.69) is 5.32 Å². The number of ether oxygens (including phenoxy) is 1. The second-order valence-electron chi connectivity index (χ2n) is 10.9. The number of carbonyl (C=O) groups is 2. The number of nitrogens with one attached hydrogen (secondary N) is 1. The first-order valence-corrected chi connectivity index (χ1v) is 16.6. The molecule has 230 valence electrons. The molecule has 1 aliphatic rings. The molecule has 4 rings (SSSR count). The highest BCUT2D eigenvalue weighted by molar-refractivity contribution is 7.92. The zero-order chi connectivity index (χ0) is 30.8. The number of rotatable bonds is 13. The highest BCUT2D eigenvalue weighted by Crippen LogP contribution is 2.33. The first-order valence-electron chi connectivity index (χ1n) is 15.2. The minimum Gasteiger partial charge on any atom is -0.492 e. The van der Waals surface area contributed by atoms with E-state index in [-0.39, 0.29) is 29.1 Å². The minimum atomic E-state index is -4.17. The average molecular weight is 606 g/mol. The van der Waals surface area contributed by atoms with Crippen LogP contribution in [-0.4, -0.2) is 50.4 Å². The quantitative estimate of drug-likeness (QED) is 0.264. The lowest BCUT2D eigenvalue weighted by Crippen LogP contribution is -2.54. The normalized spacial score (nSPS) is 14.5. The lowest BCUT2D eigenvalue weighted by atomic mass is 9.95. The molecule has 1 fully saturated rings. The van der Waals surface area contributed by atoms with Gasteiger partial charge in [0.1, 0.15) is 18.3 Å². The molecule has 0 aromatic heterocycles. The Bertz CT molecular complexity index is 1470. The van der Waals surface area contributed by atoms with Gasteiger partial charge in [0.15, 0.2) is 0 Å². The van der Waals surface area contributed by atoms with E-state index < -0.39 is 28.5 Å². The first kappa shape index (κ1) is 32.1. The maximum absolute atomic E-state index is 14.4. The second-order valence-corrected chi connectivity index (χ2v) is 12.8. The SMILES string of the molecule is CCOc1ccccc1N(CC(=O)N(Cc1ccccc1C)[C@@H](CC)C(=O)NC1CCCCC1)S(=O)(=O)c1ccccc1. The molecule has 0 unspecified atom stereocenters. The number of benzene rings is 3. The summed E-state index contributed by atoms with van der Waals surface area (Å²) in [5.41, 5.74) is 2.14. The highest BCUT2D eigenvalue weighted by atomic mass is 32.2. The molecular formula is C34H43N3O5S. The van der Waals surface area contributed by atoms with Gasteiger partial charge in [0.25, 0.3) is 10.0 Å². The maximum atomic E-state index is 14.4. The van der Waals surface area contributed by atoms with Crippen molar-refractivity contribution in [2.75, 3.05) is 17.5 Å². The van der Waals surface area contributed by atoms with Crippen LogP contribution >= 0.6 is 0 Å². The molecule has 43 heavy (non-hydrogen) atoms. The van der Waals surface area contributed by atoms with Crippen molar-refractivity contribution in [1.29, 1.82) is 0 Å². The Morgan fingerprint density at radius 3 is 2.23 bits per heavy atom. The molecule has 3 aromatic rings. The third kappa shape index (κ3) is 7.96. The number of sulfonamides is 1. The summed E-state index contributed by atoms with van der Waals surface area (Å²) in [5, 5.41) is 3.19. The number of amides is 2. The van der Waals surface area contributed by atoms with Gasteiger partial charge in [-0.2, -0.15) is 0 Å². The molecule has 8 nitrogen and oxygen atoms in total.